The van der Waals surface area contributed by atoms with E-state index >= 15 is 0 Å². The Labute approximate surface area is 193 Å². The molecule has 1 fully saturated rings. The van der Waals surface area contributed by atoms with E-state index in [0.29, 0.717) is 10.6 Å². The van der Waals surface area contributed by atoms with E-state index < -0.39 is 0 Å². The summed E-state index contributed by atoms with van der Waals surface area (Å²) in [5.74, 6) is -0.113. The maximum atomic E-state index is 12.4. The molecular weight excluding hydrogens is 432 g/mol. The van der Waals surface area contributed by atoms with Gasteiger partial charge in [-0.15, -0.1) is 0 Å². The summed E-state index contributed by atoms with van der Waals surface area (Å²) >= 11 is 11.4. The average Bonchev–Trinajstić information content (AvgIpc) is 2.73. The number of hydrogen-bond acceptors (Lipinski definition) is 4. The highest BCUT2D eigenvalue weighted by Gasteiger charge is 2.23. The normalized spacial score (nSPS) is 13.8. The van der Waals surface area contributed by atoms with Crippen LogP contribution in [0.25, 0.3) is 0 Å². The van der Waals surface area contributed by atoms with E-state index in [0.717, 1.165) is 43.1 Å². The molecule has 0 unspecified atom stereocenters. The summed E-state index contributed by atoms with van der Waals surface area (Å²) in [6.45, 7) is 8.84. The molecule has 0 saturated carbocycles. The molecule has 0 aromatic heterocycles. The van der Waals surface area contributed by atoms with Gasteiger partial charge < -0.3 is 15.1 Å². The Balaban J connectivity index is 1.53. The van der Waals surface area contributed by atoms with Gasteiger partial charge in [0.05, 0.1) is 10.6 Å². The van der Waals surface area contributed by atoms with Crippen molar-refractivity contribution in [1.29, 1.82) is 0 Å². The zero-order chi connectivity index (χ0) is 22.5. The molecule has 164 valence electrons. The van der Waals surface area contributed by atoms with Crippen molar-refractivity contribution in [2.24, 2.45) is 5.92 Å². The number of nitrogens with one attached hydrogen (secondary N) is 2. The van der Waals surface area contributed by atoms with E-state index in [1.165, 1.54) is 0 Å². The van der Waals surface area contributed by atoms with Gasteiger partial charge in [-0.1, -0.05) is 31.5 Å². The average molecular weight is 459 g/mol. The fraction of sp³-hybridized carbons (Fsp3) is 0.348. The monoisotopic (exact) mass is 458 g/mol. The van der Waals surface area contributed by atoms with E-state index in [9.17, 15) is 9.59 Å². The van der Waals surface area contributed by atoms with Crippen LogP contribution in [0, 0.1) is 12.8 Å². The molecule has 1 heterocycles. The van der Waals surface area contributed by atoms with E-state index in [-0.39, 0.29) is 22.8 Å². The van der Waals surface area contributed by atoms with Crippen molar-refractivity contribution in [3.8, 4) is 0 Å². The number of halogens is 1. The van der Waals surface area contributed by atoms with E-state index in [1.54, 1.807) is 12.1 Å². The van der Waals surface area contributed by atoms with Crippen LogP contribution in [-0.4, -0.2) is 48.0 Å². The van der Waals surface area contributed by atoms with Crippen LogP contribution in [0.5, 0.6) is 0 Å². The summed E-state index contributed by atoms with van der Waals surface area (Å²) in [4.78, 5) is 28.7. The van der Waals surface area contributed by atoms with E-state index in [1.807, 2.05) is 56.0 Å². The molecule has 0 radical (unpaired) electrons. The predicted octanol–water partition coefficient (Wildman–Crippen LogP) is 4.08. The topological polar surface area (TPSA) is 64.7 Å². The lowest BCUT2D eigenvalue weighted by atomic mass is 10.1. The Hall–Kier alpha value is -2.64. The second-order valence-electron chi connectivity index (χ2n) is 7.91. The molecule has 6 nitrogen and oxygen atoms in total. The van der Waals surface area contributed by atoms with E-state index in [4.69, 9.17) is 23.8 Å². The lowest BCUT2D eigenvalue weighted by molar-refractivity contribution is -0.134. The van der Waals surface area contributed by atoms with Crippen molar-refractivity contribution >= 4 is 52.1 Å². The third kappa shape index (κ3) is 5.95. The summed E-state index contributed by atoms with van der Waals surface area (Å²) in [5.41, 5.74) is 3.22. The van der Waals surface area contributed by atoms with Crippen LogP contribution in [0.4, 0.5) is 11.4 Å². The maximum absolute atomic E-state index is 12.4. The Morgan fingerprint density at radius 2 is 1.68 bits per heavy atom. The lowest BCUT2D eigenvalue weighted by Gasteiger charge is -2.37. The molecule has 0 spiro atoms. The van der Waals surface area contributed by atoms with E-state index in [2.05, 4.69) is 15.5 Å². The summed E-state index contributed by atoms with van der Waals surface area (Å²) < 4.78 is 0. The van der Waals surface area contributed by atoms with Crippen molar-refractivity contribution in [2.45, 2.75) is 20.8 Å². The van der Waals surface area contributed by atoms with Crippen LogP contribution in [0.1, 0.15) is 29.8 Å². The number of carbonyl (C=O) groups excluding carboxylic acids is 2. The zero-order valence-corrected chi connectivity index (χ0v) is 19.5. The van der Waals surface area contributed by atoms with Gasteiger partial charge in [-0.05, 0) is 61.1 Å². The minimum atomic E-state index is -0.354. The number of nitrogens with zero attached hydrogens (tertiary/aromatic N) is 2. The summed E-state index contributed by atoms with van der Waals surface area (Å²) in [7, 11) is 0. The molecule has 2 aromatic rings. The minimum Gasteiger partial charge on any atom is -0.368 e. The van der Waals surface area contributed by atoms with Crippen molar-refractivity contribution in [1.82, 2.24) is 10.2 Å². The van der Waals surface area contributed by atoms with Gasteiger partial charge in [-0.25, -0.2) is 0 Å². The van der Waals surface area contributed by atoms with Crippen LogP contribution in [0.2, 0.25) is 5.02 Å². The molecule has 31 heavy (non-hydrogen) atoms. The van der Waals surface area contributed by atoms with Crippen molar-refractivity contribution in [3.05, 3.63) is 58.6 Å². The van der Waals surface area contributed by atoms with Crippen LogP contribution >= 0.6 is 23.8 Å². The number of rotatable bonds is 4. The molecule has 3 rings (SSSR count). The molecule has 2 N–H and O–H groups in total. The number of amides is 2. The fourth-order valence-corrected chi connectivity index (χ4v) is 3.97. The Bertz CT molecular complexity index is 970. The second-order valence-corrected chi connectivity index (χ2v) is 8.72. The first-order valence-corrected chi connectivity index (χ1v) is 11.1. The van der Waals surface area contributed by atoms with Gasteiger partial charge in [0.1, 0.15) is 0 Å². The summed E-state index contributed by atoms with van der Waals surface area (Å²) in [6.07, 6.45) is 0. The number of piperazine rings is 1. The van der Waals surface area contributed by atoms with Gasteiger partial charge in [-0.3, -0.25) is 14.9 Å². The highest BCUT2D eigenvalue weighted by Crippen LogP contribution is 2.21. The van der Waals surface area contributed by atoms with Crippen LogP contribution in [-0.2, 0) is 4.79 Å². The second kappa shape index (κ2) is 10.1. The highest BCUT2D eigenvalue weighted by atomic mass is 35.5. The Kier molecular flexibility index (Phi) is 7.51. The number of carbonyl (C=O) groups is 2. The maximum Gasteiger partial charge on any atom is 0.258 e. The van der Waals surface area contributed by atoms with Gasteiger partial charge in [0, 0.05) is 43.5 Å². The molecule has 0 aliphatic carbocycles. The standard InChI is InChI=1S/C23H27ClN4O2S/c1-15(2)22(30)28-12-10-27(11-13-28)18-7-5-17(6-8-18)25-23(31)26-21(29)19-9-4-16(3)14-20(19)24/h4-9,14-15H,10-13H2,1-3H3,(H2,25,26,29,31). The lowest BCUT2D eigenvalue weighted by Crippen LogP contribution is -2.49. The highest BCUT2D eigenvalue weighted by molar-refractivity contribution is 7.80. The first-order valence-electron chi connectivity index (χ1n) is 10.3. The van der Waals surface area contributed by atoms with Gasteiger partial charge in [-0.2, -0.15) is 0 Å². The van der Waals surface area contributed by atoms with Crippen molar-refractivity contribution < 1.29 is 9.59 Å². The number of hydrogen-bond donors (Lipinski definition) is 2. The van der Waals surface area contributed by atoms with Crippen molar-refractivity contribution in [2.75, 3.05) is 36.4 Å². The predicted molar refractivity (Wildman–Crippen MR) is 130 cm³/mol. The smallest absolute Gasteiger partial charge is 0.258 e. The van der Waals surface area contributed by atoms with Crippen LogP contribution < -0.4 is 15.5 Å². The largest absolute Gasteiger partial charge is 0.368 e. The molecular formula is C23H27ClN4O2S. The van der Waals surface area contributed by atoms with Gasteiger partial charge in [0.25, 0.3) is 5.91 Å². The van der Waals surface area contributed by atoms with Gasteiger partial charge in [0.2, 0.25) is 5.91 Å². The molecule has 0 atom stereocenters. The Morgan fingerprint density at radius 3 is 2.26 bits per heavy atom. The van der Waals surface area contributed by atoms with Gasteiger partial charge in [0.15, 0.2) is 5.11 Å². The number of benzene rings is 2. The molecule has 1 aliphatic heterocycles. The first kappa shape index (κ1) is 23.0. The number of aryl methyl sites for hydroxylation is 1. The molecule has 1 aliphatic rings. The molecule has 1 saturated heterocycles. The quantitative estimate of drug-likeness (QED) is 0.676. The van der Waals surface area contributed by atoms with Gasteiger partial charge >= 0.3 is 0 Å². The van der Waals surface area contributed by atoms with Crippen LogP contribution in [0.15, 0.2) is 42.5 Å². The van der Waals surface area contributed by atoms with Crippen molar-refractivity contribution in [3.63, 3.8) is 0 Å². The SMILES string of the molecule is Cc1ccc(C(=O)NC(=S)Nc2ccc(N3CCN(C(=O)C(C)C)CC3)cc2)c(Cl)c1. The molecule has 2 aromatic carbocycles. The summed E-state index contributed by atoms with van der Waals surface area (Å²) in [6, 6.07) is 13.1. The third-order valence-electron chi connectivity index (χ3n) is 5.17. The molecule has 2 amide bonds. The minimum absolute atomic E-state index is 0.0308. The van der Waals surface area contributed by atoms with Crippen LogP contribution in [0.3, 0.4) is 0 Å². The number of thiocarbonyl (C=S) groups is 1. The zero-order valence-electron chi connectivity index (χ0n) is 17.9. The first-order chi connectivity index (χ1) is 14.7. The third-order valence-corrected chi connectivity index (χ3v) is 5.69. The molecule has 8 heteroatoms. The number of anilines is 2. The fourth-order valence-electron chi connectivity index (χ4n) is 3.44. The summed E-state index contributed by atoms with van der Waals surface area (Å²) in [5, 5.41) is 6.27. The Morgan fingerprint density at radius 1 is 1.03 bits per heavy atom. The molecule has 0 bridgehead atoms.